The molecule has 1 amide bonds. The first-order valence-electron chi connectivity index (χ1n) is 6.54. The average molecular weight is 264 g/mol. The highest BCUT2D eigenvalue weighted by molar-refractivity contribution is 5.97. The zero-order valence-corrected chi connectivity index (χ0v) is 10.9. The molecule has 104 valence electrons. The second kappa shape index (κ2) is 6.49. The number of pyridine rings is 1. The molecule has 1 fully saturated rings. The fraction of sp³-hybridized carbons (Fsp3) is 0.538. The van der Waals surface area contributed by atoms with E-state index < -0.39 is 5.91 Å². The van der Waals surface area contributed by atoms with Gasteiger partial charge in [-0.2, -0.15) is 0 Å². The van der Waals surface area contributed by atoms with Gasteiger partial charge in [-0.15, -0.1) is 0 Å². The Hall–Kier alpha value is -1.66. The van der Waals surface area contributed by atoms with Crippen molar-refractivity contribution in [2.45, 2.75) is 18.9 Å². The Labute approximate surface area is 112 Å². The summed E-state index contributed by atoms with van der Waals surface area (Å²) in [4.78, 5) is 17.7. The van der Waals surface area contributed by atoms with E-state index in [1.54, 1.807) is 18.3 Å². The van der Waals surface area contributed by atoms with Crippen LogP contribution >= 0.6 is 0 Å². The zero-order valence-electron chi connectivity index (χ0n) is 10.9. The third-order valence-corrected chi connectivity index (χ3v) is 3.27. The summed E-state index contributed by atoms with van der Waals surface area (Å²) in [5.41, 5.74) is 11.3. The van der Waals surface area contributed by atoms with Crippen LogP contribution in [0.4, 0.5) is 5.82 Å². The maximum absolute atomic E-state index is 11.4. The van der Waals surface area contributed by atoms with Gasteiger partial charge in [-0.3, -0.25) is 4.79 Å². The molecular formula is C13H20N4O2. The standard InChI is InChI=1S/C13H20N4O2/c14-5-9-19-10-3-7-17(8-4-10)13-11(12(15)18)2-1-6-16-13/h1-2,6,10H,3-5,7-9,14H2,(H2,15,18). The third-order valence-electron chi connectivity index (χ3n) is 3.27. The maximum Gasteiger partial charge on any atom is 0.252 e. The van der Waals surface area contributed by atoms with Crippen molar-refractivity contribution in [2.75, 3.05) is 31.1 Å². The van der Waals surface area contributed by atoms with Gasteiger partial charge in [0.05, 0.1) is 18.3 Å². The number of rotatable bonds is 5. The second-order valence-electron chi connectivity index (χ2n) is 4.58. The minimum atomic E-state index is -0.440. The lowest BCUT2D eigenvalue weighted by atomic mass is 10.1. The molecule has 19 heavy (non-hydrogen) atoms. The van der Waals surface area contributed by atoms with Crippen LogP contribution in [0.2, 0.25) is 0 Å². The first-order valence-corrected chi connectivity index (χ1v) is 6.54. The topological polar surface area (TPSA) is 94.5 Å². The van der Waals surface area contributed by atoms with Gasteiger partial charge in [0.15, 0.2) is 0 Å². The quantitative estimate of drug-likeness (QED) is 0.788. The minimum absolute atomic E-state index is 0.251. The van der Waals surface area contributed by atoms with Crippen molar-refractivity contribution in [3.05, 3.63) is 23.9 Å². The van der Waals surface area contributed by atoms with Crippen molar-refractivity contribution in [3.8, 4) is 0 Å². The number of anilines is 1. The number of carbonyl (C=O) groups excluding carboxylic acids is 1. The molecule has 1 aromatic rings. The van der Waals surface area contributed by atoms with Crippen LogP contribution in [0.5, 0.6) is 0 Å². The summed E-state index contributed by atoms with van der Waals surface area (Å²) in [5.74, 6) is 0.233. The first kappa shape index (κ1) is 13.8. The predicted molar refractivity (Wildman–Crippen MR) is 73.0 cm³/mol. The van der Waals surface area contributed by atoms with Crippen LogP contribution in [0.25, 0.3) is 0 Å². The minimum Gasteiger partial charge on any atom is -0.377 e. The molecule has 0 atom stereocenters. The van der Waals surface area contributed by atoms with E-state index in [0.29, 0.717) is 24.5 Å². The van der Waals surface area contributed by atoms with Crippen LogP contribution in [0, 0.1) is 0 Å². The van der Waals surface area contributed by atoms with Gasteiger partial charge in [0.2, 0.25) is 0 Å². The molecule has 1 aliphatic rings. The average Bonchev–Trinajstić information content (AvgIpc) is 2.45. The van der Waals surface area contributed by atoms with E-state index in [2.05, 4.69) is 9.88 Å². The number of carbonyl (C=O) groups is 1. The van der Waals surface area contributed by atoms with E-state index in [4.69, 9.17) is 16.2 Å². The van der Waals surface area contributed by atoms with Gasteiger partial charge in [0.1, 0.15) is 5.82 Å². The Kier molecular flexibility index (Phi) is 4.70. The molecule has 1 saturated heterocycles. The van der Waals surface area contributed by atoms with Gasteiger partial charge < -0.3 is 21.1 Å². The predicted octanol–water partition coefficient (Wildman–Crippen LogP) is 0.125. The molecule has 0 radical (unpaired) electrons. The van der Waals surface area contributed by atoms with Crippen LogP contribution in [-0.4, -0.2) is 43.2 Å². The molecular weight excluding hydrogens is 244 g/mol. The molecule has 0 aliphatic carbocycles. The van der Waals surface area contributed by atoms with Gasteiger partial charge in [-0.25, -0.2) is 4.98 Å². The summed E-state index contributed by atoms with van der Waals surface area (Å²) in [7, 11) is 0. The molecule has 0 unspecified atom stereocenters. The molecule has 6 heteroatoms. The summed E-state index contributed by atoms with van der Waals surface area (Å²) in [5, 5.41) is 0. The van der Waals surface area contributed by atoms with Crippen LogP contribution in [0.3, 0.4) is 0 Å². The number of piperidine rings is 1. The number of aromatic nitrogens is 1. The zero-order chi connectivity index (χ0) is 13.7. The molecule has 0 aromatic carbocycles. The Morgan fingerprint density at radius 2 is 2.21 bits per heavy atom. The maximum atomic E-state index is 11.4. The van der Waals surface area contributed by atoms with Crippen molar-refractivity contribution >= 4 is 11.7 Å². The second-order valence-corrected chi connectivity index (χ2v) is 4.58. The van der Waals surface area contributed by atoms with Gasteiger partial charge in [-0.05, 0) is 25.0 Å². The smallest absolute Gasteiger partial charge is 0.252 e. The first-order chi connectivity index (χ1) is 9.22. The van der Waals surface area contributed by atoms with Crippen molar-refractivity contribution in [2.24, 2.45) is 11.5 Å². The monoisotopic (exact) mass is 264 g/mol. The van der Waals surface area contributed by atoms with E-state index in [1.165, 1.54) is 0 Å². The summed E-state index contributed by atoms with van der Waals surface area (Å²) in [6.07, 6.45) is 3.75. The Bertz CT molecular complexity index is 430. The highest BCUT2D eigenvalue weighted by atomic mass is 16.5. The summed E-state index contributed by atoms with van der Waals surface area (Å²) < 4.78 is 5.63. The summed E-state index contributed by atoms with van der Waals surface area (Å²) in [6.45, 7) is 2.77. The Balaban J connectivity index is 2.00. The molecule has 1 aliphatic heterocycles. The van der Waals surface area contributed by atoms with E-state index in [0.717, 1.165) is 25.9 Å². The van der Waals surface area contributed by atoms with E-state index in [1.807, 2.05) is 0 Å². The molecule has 0 bridgehead atoms. The van der Waals surface area contributed by atoms with E-state index >= 15 is 0 Å². The van der Waals surface area contributed by atoms with Crippen LogP contribution < -0.4 is 16.4 Å². The lowest BCUT2D eigenvalue weighted by Gasteiger charge is -2.33. The summed E-state index contributed by atoms with van der Waals surface area (Å²) in [6, 6.07) is 3.43. The van der Waals surface area contributed by atoms with Crippen molar-refractivity contribution in [3.63, 3.8) is 0 Å². The number of primary amides is 1. The molecule has 1 aromatic heterocycles. The van der Waals surface area contributed by atoms with Gasteiger partial charge in [-0.1, -0.05) is 0 Å². The SMILES string of the molecule is NCCOC1CCN(c2ncccc2C(N)=O)CC1. The van der Waals surface area contributed by atoms with Gasteiger partial charge in [0.25, 0.3) is 5.91 Å². The lowest BCUT2D eigenvalue weighted by molar-refractivity contribution is 0.0421. The fourth-order valence-electron chi connectivity index (χ4n) is 2.31. The highest BCUT2D eigenvalue weighted by Crippen LogP contribution is 2.22. The number of amides is 1. The van der Waals surface area contributed by atoms with Crippen LogP contribution in [-0.2, 0) is 4.74 Å². The molecule has 0 saturated carbocycles. The molecule has 6 nitrogen and oxygen atoms in total. The Morgan fingerprint density at radius 1 is 1.47 bits per heavy atom. The largest absolute Gasteiger partial charge is 0.377 e. The van der Waals surface area contributed by atoms with Crippen molar-refractivity contribution in [1.29, 1.82) is 0 Å². The number of hydrogen-bond acceptors (Lipinski definition) is 5. The van der Waals surface area contributed by atoms with Crippen LogP contribution in [0.15, 0.2) is 18.3 Å². The number of nitrogens with two attached hydrogens (primary N) is 2. The molecule has 2 rings (SSSR count). The van der Waals surface area contributed by atoms with E-state index in [-0.39, 0.29) is 6.10 Å². The highest BCUT2D eigenvalue weighted by Gasteiger charge is 2.23. The normalized spacial score (nSPS) is 16.6. The lowest BCUT2D eigenvalue weighted by Crippen LogP contribution is -2.39. The van der Waals surface area contributed by atoms with Crippen molar-refractivity contribution in [1.82, 2.24) is 4.98 Å². The van der Waals surface area contributed by atoms with Gasteiger partial charge in [0, 0.05) is 25.8 Å². The molecule has 4 N–H and O–H groups in total. The van der Waals surface area contributed by atoms with Crippen LogP contribution in [0.1, 0.15) is 23.2 Å². The third kappa shape index (κ3) is 3.42. The molecule has 2 heterocycles. The fourth-order valence-corrected chi connectivity index (χ4v) is 2.31. The summed E-state index contributed by atoms with van der Waals surface area (Å²) >= 11 is 0. The number of nitrogens with zero attached hydrogens (tertiary/aromatic N) is 2. The number of ether oxygens (including phenoxy) is 1. The van der Waals surface area contributed by atoms with Gasteiger partial charge >= 0.3 is 0 Å². The molecule has 0 spiro atoms. The number of hydrogen-bond donors (Lipinski definition) is 2. The Morgan fingerprint density at radius 3 is 2.84 bits per heavy atom. The van der Waals surface area contributed by atoms with Crippen molar-refractivity contribution < 1.29 is 9.53 Å². The van der Waals surface area contributed by atoms with E-state index in [9.17, 15) is 4.79 Å².